The molecule has 17 heavy (non-hydrogen) atoms. The van der Waals surface area contributed by atoms with E-state index in [2.05, 4.69) is 20.4 Å². The fourth-order valence-electron chi connectivity index (χ4n) is 1.41. The number of nitrogens with one attached hydrogen (secondary N) is 1. The predicted octanol–water partition coefficient (Wildman–Crippen LogP) is 0.373. The van der Waals surface area contributed by atoms with Crippen LogP contribution in [0.15, 0.2) is 6.33 Å². The molecule has 0 fully saturated rings. The lowest BCUT2D eigenvalue weighted by molar-refractivity contribution is -0.117. The Morgan fingerprint density at radius 2 is 2.41 bits per heavy atom. The van der Waals surface area contributed by atoms with Gasteiger partial charge in [0.1, 0.15) is 17.3 Å². The third-order valence-corrected chi connectivity index (χ3v) is 2.64. The SMILES string of the molecule is Cc1c(Cl)nc2ncnn2c1NCCC(N)=O. The van der Waals surface area contributed by atoms with E-state index >= 15 is 0 Å². The van der Waals surface area contributed by atoms with E-state index in [0.29, 0.717) is 23.3 Å². The highest BCUT2D eigenvalue weighted by Gasteiger charge is 2.11. The van der Waals surface area contributed by atoms with Gasteiger partial charge in [-0.3, -0.25) is 4.79 Å². The summed E-state index contributed by atoms with van der Waals surface area (Å²) in [6.45, 7) is 2.22. The molecule has 0 aromatic carbocycles. The zero-order valence-corrected chi connectivity index (χ0v) is 9.90. The fraction of sp³-hybridized carbons (Fsp3) is 0.333. The molecule has 1 amide bonds. The minimum absolute atomic E-state index is 0.232. The molecule has 0 saturated heterocycles. The summed E-state index contributed by atoms with van der Waals surface area (Å²) in [6, 6.07) is 0. The molecule has 0 atom stereocenters. The second kappa shape index (κ2) is 4.54. The Balaban J connectivity index is 2.33. The van der Waals surface area contributed by atoms with Crippen molar-refractivity contribution in [2.45, 2.75) is 13.3 Å². The van der Waals surface area contributed by atoms with Crippen molar-refractivity contribution in [1.29, 1.82) is 0 Å². The van der Waals surface area contributed by atoms with E-state index in [0.717, 1.165) is 5.56 Å². The highest BCUT2D eigenvalue weighted by Crippen LogP contribution is 2.21. The van der Waals surface area contributed by atoms with E-state index in [-0.39, 0.29) is 12.3 Å². The first-order valence-corrected chi connectivity index (χ1v) is 5.35. The van der Waals surface area contributed by atoms with Gasteiger partial charge in [0, 0.05) is 18.5 Å². The van der Waals surface area contributed by atoms with Crippen LogP contribution in [0.1, 0.15) is 12.0 Å². The van der Waals surface area contributed by atoms with Crippen molar-refractivity contribution < 1.29 is 4.79 Å². The number of anilines is 1. The Bertz CT molecular complexity index is 566. The molecule has 2 aromatic rings. The lowest BCUT2D eigenvalue weighted by Gasteiger charge is -2.10. The van der Waals surface area contributed by atoms with Gasteiger partial charge in [0.2, 0.25) is 5.91 Å². The van der Waals surface area contributed by atoms with Crippen LogP contribution in [0.25, 0.3) is 5.78 Å². The molecule has 7 nitrogen and oxygen atoms in total. The Kier molecular flexibility index (Phi) is 3.10. The van der Waals surface area contributed by atoms with Gasteiger partial charge in [-0.25, -0.2) is 0 Å². The monoisotopic (exact) mass is 254 g/mol. The van der Waals surface area contributed by atoms with E-state index in [1.54, 1.807) is 0 Å². The molecule has 8 heteroatoms. The molecule has 2 aromatic heterocycles. The van der Waals surface area contributed by atoms with Gasteiger partial charge < -0.3 is 11.1 Å². The van der Waals surface area contributed by atoms with Gasteiger partial charge in [0.15, 0.2) is 0 Å². The quantitative estimate of drug-likeness (QED) is 0.769. The average Bonchev–Trinajstić information content (AvgIpc) is 2.70. The van der Waals surface area contributed by atoms with E-state index in [1.165, 1.54) is 10.8 Å². The summed E-state index contributed by atoms with van der Waals surface area (Å²) in [6.07, 6.45) is 1.62. The number of rotatable bonds is 4. The molecule has 0 bridgehead atoms. The van der Waals surface area contributed by atoms with Crippen LogP contribution in [0.5, 0.6) is 0 Å². The van der Waals surface area contributed by atoms with Crippen LogP contribution in [0, 0.1) is 6.92 Å². The third-order valence-electron chi connectivity index (χ3n) is 2.27. The van der Waals surface area contributed by atoms with E-state index in [1.807, 2.05) is 6.92 Å². The Morgan fingerprint density at radius 3 is 3.12 bits per heavy atom. The van der Waals surface area contributed by atoms with Crippen molar-refractivity contribution in [1.82, 2.24) is 19.6 Å². The first-order chi connectivity index (χ1) is 8.09. The summed E-state index contributed by atoms with van der Waals surface area (Å²) in [4.78, 5) is 18.7. The smallest absolute Gasteiger partial charge is 0.255 e. The molecule has 2 rings (SSSR count). The Labute approximate surface area is 102 Å². The highest BCUT2D eigenvalue weighted by atomic mass is 35.5. The van der Waals surface area contributed by atoms with Gasteiger partial charge in [0.25, 0.3) is 5.78 Å². The molecule has 3 N–H and O–H groups in total. The Hall–Kier alpha value is -1.89. The van der Waals surface area contributed by atoms with Crippen molar-refractivity contribution in [2.75, 3.05) is 11.9 Å². The summed E-state index contributed by atoms with van der Waals surface area (Å²) in [5.41, 5.74) is 5.81. The number of hydrogen-bond donors (Lipinski definition) is 2. The number of aromatic nitrogens is 4. The van der Waals surface area contributed by atoms with Gasteiger partial charge in [-0.05, 0) is 6.92 Å². The number of nitrogens with zero attached hydrogens (tertiary/aromatic N) is 4. The standard InChI is InChI=1S/C9H11ClN6O/c1-5-7(10)15-9-13-4-14-16(9)8(5)12-3-2-6(11)17/h4,12H,2-3H2,1H3,(H2,11,17). The van der Waals surface area contributed by atoms with Crippen molar-refractivity contribution in [3.63, 3.8) is 0 Å². The maximum atomic E-state index is 10.7. The molecule has 2 heterocycles. The van der Waals surface area contributed by atoms with E-state index < -0.39 is 0 Å². The van der Waals surface area contributed by atoms with Crippen LogP contribution in [-0.4, -0.2) is 32.0 Å². The van der Waals surface area contributed by atoms with E-state index in [4.69, 9.17) is 17.3 Å². The lowest BCUT2D eigenvalue weighted by Crippen LogP contribution is -2.17. The van der Waals surface area contributed by atoms with Gasteiger partial charge >= 0.3 is 0 Å². The normalized spacial score (nSPS) is 10.7. The molecule has 0 radical (unpaired) electrons. The Morgan fingerprint density at radius 1 is 1.65 bits per heavy atom. The molecule has 0 aliphatic rings. The summed E-state index contributed by atoms with van der Waals surface area (Å²) in [5.74, 6) is 0.700. The summed E-state index contributed by atoms with van der Waals surface area (Å²) in [5, 5.41) is 7.43. The second-order valence-electron chi connectivity index (χ2n) is 3.49. The number of carbonyl (C=O) groups is 1. The second-order valence-corrected chi connectivity index (χ2v) is 3.85. The molecular formula is C9H11ClN6O. The third kappa shape index (κ3) is 2.28. The number of halogens is 1. The number of hydrogen-bond acceptors (Lipinski definition) is 5. The van der Waals surface area contributed by atoms with Crippen LogP contribution in [0.4, 0.5) is 5.82 Å². The van der Waals surface area contributed by atoms with Crippen molar-refractivity contribution in [3.8, 4) is 0 Å². The number of amides is 1. The van der Waals surface area contributed by atoms with Gasteiger partial charge in [-0.15, -0.1) is 0 Å². The number of primary amides is 1. The van der Waals surface area contributed by atoms with Gasteiger partial charge in [0.05, 0.1) is 0 Å². The molecule has 0 aliphatic carbocycles. The number of nitrogens with two attached hydrogens (primary N) is 1. The summed E-state index contributed by atoms with van der Waals surface area (Å²) < 4.78 is 1.53. The maximum Gasteiger partial charge on any atom is 0.255 e. The van der Waals surface area contributed by atoms with Crippen molar-refractivity contribution >= 4 is 29.1 Å². The van der Waals surface area contributed by atoms with Crippen LogP contribution in [0.3, 0.4) is 0 Å². The van der Waals surface area contributed by atoms with Crippen molar-refractivity contribution in [2.24, 2.45) is 5.73 Å². The largest absolute Gasteiger partial charge is 0.370 e. The van der Waals surface area contributed by atoms with Gasteiger partial charge in [-0.1, -0.05) is 11.6 Å². The molecule has 90 valence electrons. The molecular weight excluding hydrogens is 244 g/mol. The first-order valence-electron chi connectivity index (χ1n) is 4.97. The fourth-order valence-corrected chi connectivity index (χ4v) is 1.57. The average molecular weight is 255 g/mol. The zero-order chi connectivity index (χ0) is 12.4. The molecule has 0 unspecified atom stereocenters. The summed E-state index contributed by atoms with van der Waals surface area (Å²) in [7, 11) is 0. The topological polar surface area (TPSA) is 98.2 Å². The predicted molar refractivity (Wildman–Crippen MR) is 62.8 cm³/mol. The number of carbonyl (C=O) groups excluding carboxylic acids is 1. The van der Waals surface area contributed by atoms with Crippen molar-refractivity contribution in [3.05, 3.63) is 17.0 Å². The van der Waals surface area contributed by atoms with Crippen LogP contribution in [-0.2, 0) is 4.79 Å². The first kappa shape index (κ1) is 11.6. The van der Waals surface area contributed by atoms with Crippen LogP contribution < -0.4 is 11.1 Å². The zero-order valence-electron chi connectivity index (χ0n) is 9.14. The van der Waals surface area contributed by atoms with Crippen LogP contribution >= 0.6 is 11.6 Å². The highest BCUT2D eigenvalue weighted by molar-refractivity contribution is 6.30. The molecule has 0 spiro atoms. The number of fused-ring (bicyclic) bond motifs is 1. The lowest BCUT2D eigenvalue weighted by atomic mass is 10.3. The maximum absolute atomic E-state index is 10.7. The molecule has 0 saturated carbocycles. The van der Waals surface area contributed by atoms with Gasteiger partial charge in [-0.2, -0.15) is 19.6 Å². The minimum Gasteiger partial charge on any atom is -0.370 e. The molecule has 0 aliphatic heterocycles. The summed E-state index contributed by atoms with van der Waals surface area (Å²) >= 11 is 5.97. The minimum atomic E-state index is -0.370. The van der Waals surface area contributed by atoms with Crippen LogP contribution in [0.2, 0.25) is 5.15 Å². The van der Waals surface area contributed by atoms with E-state index in [9.17, 15) is 4.79 Å².